The van der Waals surface area contributed by atoms with Crippen LogP contribution in [0, 0.1) is 5.92 Å². The highest BCUT2D eigenvalue weighted by molar-refractivity contribution is 5.89. The van der Waals surface area contributed by atoms with E-state index in [0.717, 1.165) is 41.4 Å². The predicted octanol–water partition coefficient (Wildman–Crippen LogP) is 1.89. The third-order valence-corrected chi connectivity index (χ3v) is 5.61. The van der Waals surface area contributed by atoms with Gasteiger partial charge in [0.1, 0.15) is 5.60 Å². The Hall–Kier alpha value is -1.36. The number of aromatic nitrogens is 1. The highest BCUT2D eigenvalue weighted by Gasteiger charge is 2.51. The molecular formula is C18H24N2O2. The van der Waals surface area contributed by atoms with Crippen LogP contribution in [0.5, 0.6) is 0 Å². The Morgan fingerprint density at radius 1 is 1.50 bits per heavy atom. The second-order valence-corrected chi connectivity index (χ2v) is 6.73. The van der Waals surface area contributed by atoms with E-state index in [1.807, 2.05) is 12.1 Å². The number of hydrogen-bond acceptors (Lipinski definition) is 3. The van der Waals surface area contributed by atoms with E-state index in [1.54, 1.807) is 13.3 Å². The lowest BCUT2D eigenvalue weighted by Gasteiger charge is -2.52. The van der Waals surface area contributed by atoms with E-state index in [4.69, 9.17) is 8.85 Å². The van der Waals surface area contributed by atoms with Crippen LogP contribution in [0.25, 0.3) is 10.9 Å². The number of hydrogen-bond donors (Lipinski definition) is 1. The molecule has 1 aromatic heterocycles. The minimum atomic E-state index is -2.20. The zero-order valence-corrected chi connectivity index (χ0v) is 13.0. The van der Waals surface area contributed by atoms with Gasteiger partial charge in [-0.2, -0.15) is 0 Å². The Balaban J connectivity index is 1.99. The van der Waals surface area contributed by atoms with Gasteiger partial charge in [0.2, 0.25) is 0 Å². The molecule has 22 heavy (non-hydrogen) atoms. The molecule has 4 rings (SSSR count). The number of aliphatic hydroxyl groups excluding tert-OH is 1. The van der Waals surface area contributed by atoms with Gasteiger partial charge >= 0.3 is 0 Å². The first-order valence-corrected chi connectivity index (χ1v) is 7.82. The van der Waals surface area contributed by atoms with Crippen LogP contribution in [0.2, 0.25) is 0 Å². The molecule has 1 aliphatic carbocycles. The molecule has 1 saturated heterocycles. The van der Waals surface area contributed by atoms with Crippen LogP contribution >= 0.6 is 0 Å². The van der Waals surface area contributed by atoms with E-state index in [2.05, 4.69) is 18.0 Å². The number of fused-ring (bicyclic) bond motifs is 2. The number of rotatable bonds is 2. The van der Waals surface area contributed by atoms with Crippen molar-refractivity contribution in [1.82, 2.24) is 9.47 Å². The van der Waals surface area contributed by atoms with Crippen molar-refractivity contribution in [3.8, 4) is 0 Å². The number of likely N-dealkylation sites (tertiary alicyclic amines) is 1. The Labute approximate surface area is 135 Å². The van der Waals surface area contributed by atoms with Crippen molar-refractivity contribution in [3.63, 3.8) is 0 Å². The molecule has 2 heterocycles. The van der Waals surface area contributed by atoms with E-state index in [1.165, 1.54) is 4.57 Å². The molecule has 2 aliphatic rings. The fraction of sp³-hybridized carbons (Fsp3) is 0.556. The Morgan fingerprint density at radius 3 is 3.09 bits per heavy atom. The highest BCUT2D eigenvalue weighted by Crippen LogP contribution is 2.49. The zero-order valence-electron chi connectivity index (χ0n) is 16.0. The summed E-state index contributed by atoms with van der Waals surface area (Å²) in [5.74, 6) is 0.141. The largest absolute Gasteiger partial charge is 0.396 e. The lowest BCUT2D eigenvalue weighted by molar-refractivity contribution is -0.130. The number of methoxy groups -OCH3 is 1. The molecule has 0 bridgehead atoms. The molecule has 4 nitrogen and oxygen atoms in total. The van der Waals surface area contributed by atoms with Crippen molar-refractivity contribution < 1.29 is 14.0 Å². The summed E-state index contributed by atoms with van der Waals surface area (Å²) >= 11 is 0. The highest BCUT2D eigenvalue weighted by atomic mass is 16.5. The standard InChI is InChI=1S/C18H24N2O2/c1-19-10-13-7-16-18(22-3,8-12(11-21)9-20(16)2)14-5-4-6-15(19)17(13)14/h4-6,10,12,16,21H,7-9,11H2,1-3H3/t12-,16-,18+/m1/s1/i1+1D3. The van der Waals surface area contributed by atoms with Gasteiger partial charge in [-0.25, -0.2) is 0 Å². The molecule has 3 atom stereocenters. The van der Waals surface area contributed by atoms with Crippen molar-refractivity contribution in [2.45, 2.75) is 24.5 Å². The zero-order chi connectivity index (χ0) is 18.0. The molecule has 0 radical (unpaired) electrons. The van der Waals surface area contributed by atoms with Gasteiger partial charge in [0.05, 0.1) is 0 Å². The number of aliphatic hydroxyl groups is 1. The number of aryl methyl sites for hydroxylation is 1. The summed E-state index contributed by atoms with van der Waals surface area (Å²) in [6.45, 7) is -1.26. The Bertz CT molecular complexity index is 816. The van der Waals surface area contributed by atoms with Crippen LogP contribution < -0.4 is 0 Å². The monoisotopic (exact) mass is 304 g/mol. The maximum atomic E-state index is 9.75. The van der Waals surface area contributed by atoms with Crippen LogP contribution in [0.3, 0.4) is 0 Å². The normalized spacial score (nSPS) is 34.0. The Morgan fingerprint density at radius 2 is 2.36 bits per heavy atom. The lowest BCUT2D eigenvalue weighted by Crippen LogP contribution is -2.59. The first-order valence-electron chi connectivity index (χ1n) is 9.32. The maximum Gasteiger partial charge on any atom is 0.110 e. The van der Waals surface area contributed by atoms with Crippen LogP contribution in [0.1, 0.15) is 21.7 Å². The van der Waals surface area contributed by atoms with Crippen LogP contribution in [0.15, 0.2) is 24.4 Å². The van der Waals surface area contributed by atoms with Crippen LogP contribution in [0.4, 0.5) is 0 Å². The molecular weight excluding hydrogens is 277 g/mol. The third kappa shape index (κ3) is 1.69. The second-order valence-electron chi connectivity index (χ2n) is 6.73. The summed E-state index contributed by atoms with van der Waals surface area (Å²) in [4.78, 5) is 2.25. The average Bonchev–Trinajstić information content (AvgIpc) is 2.96. The van der Waals surface area contributed by atoms with Gasteiger partial charge in [0.15, 0.2) is 0 Å². The molecule has 1 N–H and O–H groups in total. The Kier molecular flexibility index (Phi) is 2.46. The van der Waals surface area contributed by atoms with E-state index in [-0.39, 0.29) is 18.6 Å². The van der Waals surface area contributed by atoms with Gasteiger partial charge < -0.3 is 14.4 Å². The fourth-order valence-electron chi connectivity index (χ4n) is 4.67. The predicted molar refractivity (Wildman–Crippen MR) is 86.9 cm³/mol. The quantitative estimate of drug-likeness (QED) is 0.861. The number of ether oxygens (including phenoxy) is 1. The molecule has 0 spiro atoms. The molecule has 118 valence electrons. The summed E-state index contributed by atoms with van der Waals surface area (Å²) in [5.41, 5.74) is 2.32. The van der Waals surface area contributed by atoms with Gasteiger partial charge in [0, 0.05) is 54.5 Å². The van der Waals surface area contributed by atoms with E-state index in [0.29, 0.717) is 0 Å². The van der Waals surface area contributed by atoms with Gasteiger partial charge in [-0.15, -0.1) is 0 Å². The van der Waals surface area contributed by atoms with Crippen LogP contribution in [-0.2, 0) is 23.7 Å². The smallest absolute Gasteiger partial charge is 0.110 e. The summed E-state index contributed by atoms with van der Waals surface area (Å²) in [5, 5.41) is 10.8. The first kappa shape index (κ1) is 11.2. The second kappa shape index (κ2) is 4.82. The molecule has 1 aliphatic heterocycles. The van der Waals surface area contributed by atoms with Crippen molar-refractivity contribution in [2.24, 2.45) is 12.9 Å². The third-order valence-electron chi connectivity index (χ3n) is 5.61. The average molecular weight is 304 g/mol. The van der Waals surface area contributed by atoms with Gasteiger partial charge in [-0.1, -0.05) is 12.1 Å². The molecule has 1 aromatic carbocycles. The minimum absolute atomic E-state index is 0.126. The summed E-state index contributed by atoms with van der Waals surface area (Å²) in [7, 11) is 3.79. The minimum Gasteiger partial charge on any atom is -0.396 e. The number of benzene rings is 1. The van der Waals surface area contributed by atoms with E-state index >= 15 is 0 Å². The van der Waals surface area contributed by atoms with E-state index in [9.17, 15) is 5.11 Å². The molecule has 0 amide bonds. The molecule has 1 fully saturated rings. The summed E-state index contributed by atoms with van der Waals surface area (Å²) < 4.78 is 31.1. The first-order chi connectivity index (χ1) is 11.8. The van der Waals surface area contributed by atoms with Crippen molar-refractivity contribution in [1.29, 1.82) is 0 Å². The molecule has 4 heteroatoms. The van der Waals surface area contributed by atoms with Gasteiger partial charge in [-0.3, -0.25) is 4.90 Å². The number of nitrogens with zero attached hydrogens (tertiary/aromatic N) is 2. The fourth-order valence-corrected chi connectivity index (χ4v) is 4.67. The molecule has 0 saturated carbocycles. The van der Waals surface area contributed by atoms with Crippen LogP contribution in [-0.4, -0.2) is 47.9 Å². The van der Waals surface area contributed by atoms with Gasteiger partial charge in [-0.05, 0) is 43.0 Å². The van der Waals surface area contributed by atoms with Crippen molar-refractivity contribution >= 4 is 10.9 Å². The molecule has 2 aromatic rings. The SMILES string of the molecule is [2H][13C]([2H])([2H])n1cc2c3c(cccc31)[C@@]1(OC)C[C@@H](CO)CN(C)[C@@H]1C2. The van der Waals surface area contributed by atoms with Gasteiger partial charge in [0.25, 0.3) is 0 Å². The van der Waals surface area contributed by atoms with Crippen molar-refractivity contribution in [3.05, 3.63) is 35.5 Å². The summed E-state index contributed by atoms with van der Waals surface area (Å²) in [6, 6.07) is 5.97. The summed E-state index contributed by atoms with van der Waals surface area (Å²) in [6.07, 6.45) is 3.28. The lowest BCUT2D eigenvalue weighted by atomic mass is 9.69. The molecule has 0 unspecified atom stereocenters. The van der Waals surface area contributed by atoms with Crippen molar-refractivity contribution in [2.75, 3.05) is 27.3 Å². The van der Waals surface area contributed by atoms with E-state index < -0.39 is 12.6 Å². The number of piperidine rings is 1. The maximum absolute atomic E-state index is 9.75. The topological polar surface area (TPSA) is 37.6 Å². The number of likely N-dealkylation sites (N-methyl/N-ethyl adjacent to an activating group) is 1.